The van der Waals surface area contributed by atoms with Crippen molar-refractivity contribution >= 4 is 11.4 Å². The molecule has 2 nitrogen and oxygen atoms in total. The summed E-state index contributed by atoms with van der Waals surface area (Å²) in [6, 6.07) is 29.8. The maximum atomic E-state index is 4.67. The molecule has 0 amide bonds. The van der Waals surface area contributed by atoms with Crippen molar-refractivity contribution in [1.82, 2.24) is 10.6 Å². The lowest BCUT2D eigenvalue weighted by Crippen LogP contribution is -2.19. The van der Waals surface area contributed by atoms with E-state index in [1.807, 2.05) is 91.0 Å². The van der Waals surface area contributed by atoms with Crippen molar-refractivity contribution in [2.75, 3.05) is 0 Å². The van der Waals surface area contributed by atoms with Gasteiger partial charge in [0, 0.05) is 5.56 Å². The first-order valence-corrected chi connectivity index (χ1v) is 6.88. The summed E-state index contributed by atoms with van der Waals surface area (Å²) in [5, 5.41) is 9.35. The first kappa shape index (κ1) is 13.3. The summed E-state index contributed by atoms with van der Waals surface area (Å²) in [7, 11) is 0. The summed E-state index contributed by atoms with van der Waals surface area (Å²) in [4.78, 5) is 0. The third-order valence-electron chi connectivity index (χ3n) is 3.01. The number of hydrogen-bond donors (Lipinski definition) is 0. The molecule has 0 fully saturated rings. The summed E-state index contributed by atoms with van der Waals surface area (Å²) >= 11 is 0. The Morgan fingerprint density at radius 1 is 0.476 bits per heavy atom. The molecule has 2 heteroatoms. The smallest absolute Gasteiger partial charge is 0.226 e. The molecule has 0 spiro atoms. The highest BCUT2D eigenvalue weighted by molar-refractivity contribution is 5.46. The van der Waals surface area contributed by atoms with Crippen molar-refractivity contribution < 1.29 is 0 Å². The van der Waals surface area contributed by atoms with Gasteiger partial charge in [0.15, 0.2) is 0 Å². The standard InChI is InChI=1S/C19H15N2/c1-4-10-16(11-5-1)19(20-17-12-6-2-7-13-17)21-18-14-8-3-9-15-18/h1-15H. The van der Waals surface area contributed by atoms with Crippen LogP contribution in [-0.4, -0.2) is 0 Å². The summed E-state index contributed by atoms with van der Waals surface area (Å²) < 4.78 is 0. The predicted octanol–water partition coefficient (Wildman–Crippen LogP) is 4.40. The third kappa shape index (κ3) is 3.63. The molecule has 0 atom stereocenters. The minimum Gasteiger partial charge on any atom is -0.246 e. The van der Waals surface area contributed by atoms with Crippen LogP contribution in [-0.2, 0) is 0 Å². The molecule has 0 aliphatic heterocycles. The molecule has 3 aromatic rings. The molecule has 3 rings (SSSR count). The van der Waals surface area contributed by atoms with Crippen LogP contribution < -0.4 is 10.6 Å². The quantitative estimate of drug-likeness (QED) is 0.658. The maximum Gasteiger partial charge on any atom is 0.226 e. The van der Waals surface area contributed by atoms with Gasteiger partial charge in [-0.3, -0.25) is 0 Å². The van der Waals surface area contributed by atoms with Crippen LogP contribution in [0.5, 0.6) is 0 Å². The van der Waals surface area contributed by atoms with Crippen LogP contribution in [0.3, 0.4) is 0 Å². The Bertz CT molecular complexity index is 609. The van der Waals surface area contributed by atoms with Crippen molar-refractivity contribution in [3.05, 3.63) is 103 Å². The second kappa shape index (κ2) is 6.62. The van der Waals surface area contributed by atoms with Crippen LogP contribution in [0.1, 0.15) is 5.56 Å². The van der Waals surface area contributed by atoms with E-state index in [4.69, 9.17) is 0 Å². The minimum atomic E-state index is 0.716. The molecule has 101 valence electrons. The molecule has 21 heavy (non-hydrogen) atoms. The Kier molecular flexibility index (Phi) is 4.18. The highest BCUT2D eigenvalue weighted by Gasteiger charge is 2.16. The molecule has 0 aliphatic carbocycles. The first-order chi connectivity index (χ1) is 10.4. The van der Waals surface area contributed by atoms with Crippen molar-refractivity contribution in [3.63, 3.8) is 0 Å². The summed E-state index contributed by atoms with van der Waals surface area (Å²) in [5.74, 6) is 0. The van der Waals surface area contributed by atoms with E-state index >= 15 is 0 Å². The zero-order chi connectivity index (χ0) is 14.3. The van der Waals surface area contributed by atoms with Crippen molar-refractivity contribution in [2.45, 2.75) is 0 Å². The lowest BCUT2D eigenvalue weighted by atomic mass is 10.1. The summed E-state index contributed by atoms with van der Waals surface area (Å²) in [5.41, 5.74) is 2.80. The van der Waals surface area contributed by atoms with Crippen molar-refractivity contribution in [3.8, 4) is 0 Å². The minimum absolute atomic E-state index is 0.716. The molecular formula is C19H15N2. The van der Waals surface area contributed by atoms with Crippen LogP contribution >= 0.6 is 0 Å². The molecule has 0 unspecified atom stereocenters. The molecule has 3 aromatic carbocycles. The van der Waals surface area contributed by atoms with E-state index in [0.717, 1.165) is 16.9 Å². The van der Waals surface area contributed by atoms with Crippen LogP contribution in [0.15, 0.2) is 91.0 Å². The molecule has 0 aliphatic rings. The van der Waals surface area contributed by atoms with Crippen LogP contribution in [0.2, 0.25) is 0 Å². The van der Waals surface area contributed by atoms with Gasteiger partial charge in [0.05, 0.1) is 11.4 Å². The lowest BCUT2D eigenvalue weighted by molar-refractivity contribution is 0.770. The van der Waals surface area contributed by atoms with Gasteiger partial charge in [0.25, 0.3) is 0 Å². The van der Waals surface area contributed by atoms with Crippen molar-refractivity contribution in [2.24, 2.45) is 0 Å². The normalized spacial score (nSPS) is 10.3. The molecule has 0 aromatic heterocycles. The fourth-order valence-electron chi connectivity index (χ4n) is 1.99. The fraction of sp³-hybridized carbons (Fsp3) is 0. The lowest BCUT2D eigenvalue weighted by Gasteiger charge is -2.16. The number of hydrogen-bond acceptors (Lipinski definition) is 0. The second-order valence-electron chi connectivity index (χ2n) is 4.58. The number of nitrogens with zero attached hydrogens (tertiary/aromatic N) is 2. The topological polar surface area (TPSA) is 28.2 Å². The van der Waals surface area contributed by atoms with Gasteiger partial charge in [-0.15, -0.1) is 0 Å². The zero-order valence-electron chi connectivity index (χ0n) is 11.6. The Morgan fingerprint density at radius 3 is 1.29 bits per heavy atom. The first-order valence-electron chi connectivity index (χ1n) is 6.88. The van der Waals surface area contributed by atoms with Gasteiger partial charge < -0.3 is 0 Å². The van der Waals surface area contributed by atoms with Gasteiger partial charge in [0.2, 0.25) is 6.17 Å². The van der Waals surface area contributed by atoms with Gasteiger partial charge in [0.1, 0.15) is 0 Å². The number of benzene rings is 3. The van der Waals surface area contributed by atoms with E-state index in [0.29, 0.717) is 6.17 Å². The number of para-hydroxylation sites is 2. The van der Waals surface area contributed by atoms with E-state index in [1.54, 1.807) is 0 Å². The van der Waals surface area contributed by atoms with Gasteiger partial charge in [-0.1, -0.05) is 66.7 Å². The Labute approximate surface area is 125 Å². The van der Waals surface area contributed by atoms with E-state index in [2.05, 4.69) is 10.6 Å². The van der Waals surface area contributed by atoms with E-state index in [-0.39, 0.29) is 0 Å². The Hall–Kier alpha value is -2.74. The van der Waals surface area contributed by atoms with Gasteiger partial charge in [-0.2, -0.15) is 0 Å². The number of rotatable bonds is 5. The monoisotopic (exact) mass is 271 g/mol. The molecule has 0 saturated heterocycles. The largest absolute Gasteiger partial charge is 0.246 e. The van der Waals surface area contributed by atoms with E-state index in [9.17, 15) is 0 Å². The molecule has 0 N–H and O–H groups in total. The average Bonchev–Trinajstić information content (AvgIpc) is 2.57. The molecule has 0 heterocycles. The summed E-state index contributed by atoms with van der Waals surface area (Å²) in [6.07, 6.45) is 0.716. The van der Waals surface area contributed by atoms with Crippen LogP contribution in [0.25, 0.3) is 0 Å². The molecule has 0 saturated carbocycles. The van der Waals surface area contributed by atoms with Gasteiger partial charge in [-0.05, 0) is 24.3 Å². The van der Waals surface area contributed by atoms with Gasteiger partial charge in [-0.25, -0.2) is 10.6 Å². The Balaban J connectivity index is 1.84. The average molecular weight is 271 g/mol. The van der Waals surface area contributed by atoms with Crippen LogP contribution in [0, 0.1) is 6.17 Å². The molecular weight excluding hydrogens is 256 g/mol. The van der Waals surface area contributed by atoms with Gasteiger partial charge >= 0.3 is 0 Å². The molecule has 3 radical (unpaired) electrons. The summed E-state index contributed by atoms with van der Waals surface area (Å²) in [6.45, 7) is 0. The van der Waals surface area contributed by atoms with E-state index < -0.39 is 0 Å². The fourth-order valence-corrected chi connectivity index (χ4v) is 1.99. The predicted molar refractivity (Wildman–Crippen MR) is 85.3 cm³/mol. The highest BCUT2D eigenvalue weighted by atomic mass is 15.1. The van der Waals surface area contributed by atoms with Crippen molar-refractivity contribution in [1.29, 1.82) is 0 Å². The SMILES string of the molecule is c1ccc([N][C]([N]c2ccccc2)c2ccccc2)cc1. The van der Waals surface area contributed by atoms with Crippen LogP contribution in [0.4, 0.5) is 11.4 Å². The third-order valence-corrected chi connectivity index (χ3v) is 3.01. The molecule has 0 bridgehead atoms. The second-order valence-corrected chi connectivity index (χ2v) is 4.58. The zero-order valence-corrected chi connectivity index (χ0v) is 11.6. The van der Waals surface area contributed by atoms with E-state index in [1.165, 1.54) is 0 Å². The highest BCUT2D eigenvalue weighted by Crippen LogP contribution is 2.21. The Morgan fingerprint density at radius 2 is 0.857 bits per heavy atom. The maximum absolute atomic E-state index is 4.67.